The summed E-state index contributed by atoms with van der Waals surface area (Å²) < 4.78 is 7.82. The second kappa shape index (κ2) is 6.52. The van der Waals surface area contributed by atoms with E-state index >= 15 is 0 Å². The van der Waals surface area contributed by atoms with Crippen LogP contribution in [0.1, 0.15) is 6.92 Å². The third kappa shape index (κ3) is 4.21. The Morgan fingerprint density at radius 3 is 2.16 bits per heavy atom. The van der Waals surface area contributed by atoms with Crippen LogP contribution < -0.4 is 25.9 Å². The molecule has 2 nitrogen and oxygen atoms in total. The van der Waals surface area contributed by atoms with Gasteiger partial charge in [0, 0.05) is 0 Å². The van der Waals surface area contributed by atoms with E-state index in [-0.39, 0.29) is 27.2 Å². The van der Waals surface area contributed by atoms with Gasteiger partial charge in [-0.1, -0.05) is 0 Å². The van der Waals surface area contributed by atoms with Crippen molar-refractivity contribution in [2.75, 3.05) is 0 Å². The summed E-state index contributed by atoms with van der Waals surface area (Å²) in [6.07, 6.45) is 0. The first-order valence-electron chi connectivity index (χ1n) is 5.83. The van der Waals surface area contributed by atoms with Gasteiger partial charge in [-0.15, -0.1) is 0 Å². The fraction of sp³-hybridized carbons (Fsp3) is 0.0625. The van der Waals surface area contributed by atoms with Gasteiger partial charge in [0.15, 0.2) is 0 Å². The molecule has 19 heavy (non-hydrogen) atoms. The fourth-order valence-electron chi connectivity index (χ4n) is 1.36. The maximum absolute atomic E-state index is 11.4. The van der Waals surface area contributed by atoms with E-state index in [1.54, 1.807) is 6.92 Å². The zero-order valence-corrected chi connectivity index (χ0v) is 12.8. The first kappa shape index (κ1) is 13.8. The molecule has 0 aromatic heterocycles. The molecule has 0 radical (unpaired) electrons. The van der Waals surface area contributed by atoms with Gasteiger partial charge < -0.3 is 0 Å². The van der Waals surface area contributed by atoms with Gasteiger partial charge in [-0.2, -0.15) is 0 Å². The topological polar surface area (TPSA) is 26.3 Å². The summed E-state index contributed by atoms with van der Waals surface area (Å²) in [6.45, 7) is 5.19. The van der Waals surface area contributed by atoms with Gasteiger partial charge in [-0.3, -0.25) is 0 Å². The Labute approximate surface area is 123 Å². The second-order valence-electron chi connectivity index (χ2n) is 4.01. The molecule has 0 unspecified atom stereocenters. The number of halogens is 1. The van der Waals surface area contributed by atoms with Gasteiger partial charge in [-0.25, -0.2) is 0 Å². The molecule has 2 aromatic rings. The molecule has 0 saturated carbocycles. The Hall–Kier alpha value is -1.62. The Morgan fingerprint density at radius 1 is 1.00 bits per heavy atom. The van der Waals surface area contributed by atoms with Gasteiger partial charge >= 0.3 is 123 Å². The molecule has 0 spiro atoms. The number of rotatable bonds is 4. The van der Waals surface area contributed by atoms with Crippen molar-refractivity contribution in [3.63, 3.8) is 0 Å². The Morgan fingerprint density at radius 2 is 1.58 bits per heavy atom. The van der Waals surface area contributed by atoms with Crippen LogP contribution in [-0.2, 0) is 4.79 Å². The van der Waals surface area contributed by atoms with Gasteiger partial charge in [0.25, 0.3) is 0 Å². The summed E-state index contributed by atoms with van der Waals surface area (Å²) in [5.74, 6) is 0.180. The van der Waals surface area contributed by atoms with E-state index in [0.717, 1.165) is 0 Å². The Bertz CT molecular complexity index is 573. The third-order valence-electron chi connectivity index (χ3n) is 2.32. The van der Waals surface area contributed by atoms with Crippen molar-refractivity contribution < 1.29 is 30.7 Å². The third-order valence-corrected chi connectivity index (χ3v) is 5.01. The average molecular weight is 365 g/mol. The summed E-state index contributed by atoms with van der Waals surface area (Å²) in [5, 5.41) is 0. The molecule has 0 aliphatic heterocycles. The molecule has 2 rings (SSSR count). The van der Waals surface area contributed by atoms with Crippen LogP contribution in [0.2, 0.25) is 0 Å². The second-order valence-corrected chi connectivity index (χ2v) is 7.04. The van der Waals surface area contributed by atoms with Crippen LogP contribution in [0.4, 0.5) is 0 Å². The van der Waals surface area contributed by atoms with Crippen molar-refractivity contribution in [1.82, 2.24) is 0 Å². The van der Waals surface area contributed by atoms with Crippen LogP contribution in [0.5, 0.6) is 5.75 Å². The van der Waals surface area contributed by atoms with Gasteiger partial charge in [0.2, 0.25) is 0 Å². The molecule has 2 aromatic carbocycles. The van der Waals surface area contributed by atoms with Crippen molar-refractivity contribution in [2.45, 2.75) is 6.92 Å². The van der Waals surface area contributed by atoms with Crippen LogP contribution in [-0.4, -0.2) is 5.97 Å². The normalized spacial score (nSPS) is 10.2. The van der Waals surface area contributed by atoms with E-state index in [9.17, 15) is 4.79 Å². The number of carbonyl (C=O) groups is 1. The number of esters is 1. The Balaban J connectivity index is 2.03. The van der Waals surface area contributed by atoms with E-state index in [0.29, 0.717) is 11.3 Å². The number of hydrogen-bond donors (Lipinski definition) is 0. The van der Waals surface area contributed by atoms with E-state index in [1.165, 1.54) is 7.14 Å². The van der Waals surface area contributed by atoms with Crippen LogP contribution in [0.3, 0.4) is 0 Å². The molecule has 0 atom stereocenters. The minimum atomic E-state index is -0.384. The SMILES string of the molecule is C=C(C)C(=O)Oc1ccc([I-]c2ccccc2)cc1. The average Bonchev–Trinajstić information content (AvgIpc) is 2.42. The summed E-state index contributed by atoms with van der Waals surface area (Å²) in [4.78, 5) is 11.4. The van der Waals surface area contributed by atoms with Crippen LogP contribution in [0.25, 0.3) is 0 Å². The van der Waals surface area contributed by atoms with Crippen molar-refractivity contribution in [2.24, 2.45) is 0 Å². The molecule has 0 bridgehead atoms. The number of ether oxygens (including phenoxy) is 1. The molecule has 0 N–H and O–H groups in total. The summed E-state index contributed by atoms with van der Waals surface area (Å²) >= 11 is -0.176. The molecule has 0 amide bonds. The zero-order chi connectivity index (χ0) is 13.7. The van der Waals surface area contributed by atoms with Crippen molar-refractivity contribution in [1.29, 1.82) is 0 Å². The molecular formula is C16H14IO2-. The van der Waals surface area contributed by atoms with Crippen LogP contribution in [0, 0.1) is 7.14 Å². The fourth-order valence-corrected chi connectivity index (χ4v) is 3.58. The molecule has 3 heteroatoms. The molecule has 0 aliphatic rings. The monoisotopic (exact) mass is 365 g/mol. The standard InChI is InChI=1S/C16H14IO2/c1-12(2)16(18)19-15-10-8-14(9-11-15)17-13-6-4-3-5-7-13/h3-11H,1H2,2H3/q-1. The molecule has 0 aliphatic carbocycles. The number of carbonyl (C=O) groups excluding carboxylic acids is 1. The maximum atomic E-state index is 11.4. The first-order chi connectivity index (χ1) is 9.15. The van der Waals surface area contributed by atoms with Gasteiger partial charge in [-0.05, 0) is 0 Å². The van der Waals surface area contributed by atoms with Crippen LogP contribution >= 0.6 is 0 Å². The van der Waals surface area contributed by atoms with Crippen molar-refractivity contribution in [3.05, 3.63) is 73.9 Å². The zero-order valence-electron chi connectivity index (χ0n) is 10.6. The van der Waals surface area contributed by atoms with E-state index in [4.69, 9.17) is 4.74 Å². The summed E-state index contributed by atoms with van der Waals surface area (Å²) in [5.41, 5.74) is 0.404. The Kier molecular flexibility index (Phi) is 4.74. The first-order valence-corrected chi connectivity index (χ1v) is 7.98. The molecule has 98 valence electrons. The van der Waals surface area contributed by atoms with Crippen molar-refractivity contribution >= 4 is 5.97 Å². The minimum absolute atomic E-state index is 0.176. The van der Waals surface area contributed by atoms with E-state index in [2.05, 4.69) is 30.8 Å². The number of hydrogen-bond acceptors (Lipinski definition) is 2. The molecule has 0 heterocycles. The predicted molar refractivity (Wildman–Crippen MR) is 70.7 cm³/mol. The van der Waals surface area contributed by atoms with Crippen molar-refractivity contribution in [3.8, 4) is 5.75 Å². The van der Waals surface area contributed by atoms with Gasteiger partial charge in [0.1, 0.15) is 0 Å². The van der Waals surface area contributed by atoms with Gasteiger partial charge in [0.05, 0.1) is 0 Å². The summed E-state index contributed by atoms with van der Waals surface area (Å²) in [7, 11) is 0. The quantitative estimate of drug-likeness (QED) is 0.337. The van der Waals surface area contributed by atoms with E-state index in [1.807, 2.05) is 30.3 Å². The molecular weight excluding hydrogens is 351 g/mol. The summed E-state index contributed by atoms with van der Waals surface area (Å²) in [6, 6.07) is 18.1. The molecule has 0 fully saturated rings. The number of benzene rings is 2. The van der Waals surface area contributed by atoms with E-state index < -0.39 is 0 Å². The molecule has 0 saturated heterocycles. The predicted octanol–water partition coefficient (Wildman–Crippen LogP) is 0.296. The van der Waals surface area contributed by atoms with Crippen LogP contribution in [0.15, 0.2) is 66.7 Å².